The summed E-state index contributed by atoms with van der Waals surface area (Å²) in [6.45, 7) is 2.22. The van der Waals surface area contributed by atoms with Gasteiger partial charge in [-0.1, -0.05) is 19.8 Å². The third-order valence-electron chi connectivity index (χ3n) is 3.49. The Hall–Kier alpha value is -1.56. The van der Waals surface area contributed by atoms with E-state index in [0.29, 0.717) is 17.5 Å². The molecule has 0 aromatic heterocycles. The van der Waals surface area contributed by atoms with E-state index in [2.05, 4.69) is 12.2 Å². The van der Waals surface area contributed by atoms with E-state index in [-0.39, 0.29) is 5.82 Å². The van der Waals surface area contributed by atoms with Gasteiger partial charge in [-0.3, -0.25) is 0 Å². The number of halogens is 1. The molecular weight excluding hydrogens is 215 g/mol. The van der Waals surface area contributed by atoms with Crippen LogP contribution in [-0.2, 0) is 0 Å². The highest BCUT2D eigenvalue weighted by atomic mass is 19.1. The Morgan fingerprint density at radius 2 is 2.06 bits per heavy atom. The van der Waals surface area contributed by atoms with E-state index in [4.69, 9.17) is 5.26 Å². The zero-order chi connectivity index (χ0) is 12.3. The molecule has 1 aromatic carbocycles. The van der Waals surface area contributed by atoms with E-state index >= 15 is 0 Å². The van der Waals surface area contributed by atoms with Crippen molar-refractivity contribution in [3.63, 3.8) is 0 Å². The summed E-state index contributed by atoms with van der Waals surface area (Å²) >= 11 is 0. The number of benzene rings is 1. The van der Waals surface area contributed by atoms with Crippen LogP contribution in [0.1, 0.15) is 38.2 Å². The van der Waals surface area contributed by atoms with Gasteiger partial charge in [0.05, 0.1) is 11.6 Å². The first-order valence-electron chi connectivity index (χ1n) is 6.16. The first-order valence-corrected chi connectivity index (χ1v) is 6.16. The van der Waals surface area contributed by atoms with Crippen LogP contribution in [0, 0.1) is 23.1 Å². The lowest BCUT2D eigenvalue weighted by atomic mass is 9.86. The molecule has 1 aliphatic carbocycles. The lowest BCUT2D eigenvalue weighted by Gasteiger charge is -2.30. The number of nitrogens with zero attached hydrogens (tertiary/aromatic N) is 1. The molecule has 0 spiro atoms. The van der Waals surface area contributed by atoms with Crippen LogP contribution in [0.2, 0.25) is 0 Å². The number of nitrogens with one attached hydrogen (secondary N) is 1. The minimum atomic E-state index is -0.352. The van der Waals surface area contributed by atoms with Crippen molar-refractivity contribution in [3.8, 4) is 6.07 Å². The van der Waals surface area contributed by atoms with Gasteiger partial charge in [0.2, 0.25) is 0 Å². The Morgan fingerprint density at radius 1 is 1.29 bits per heavy atom. The topological polar surface area (TPSA) is 35.8 Å². The van der Waals surface area contributed by atoms with Crippen LogP contribution in [0.5, 0.6) is 0 Å². The van der Waals surface area contributed by atoms with Crippen molar-refractivity contribution in [1.82, 2.24) is 0 Å². The van der Waals surface area contributed by atoms with Gasteiger partial charge >= 0.3 is 0 Å². The van der Waals surface area contributed by atoms with Crippen LogP contribution in [0.4, 0.5) is 10.1 Å². The molecule has 0 heterocycles. The summed E-state index contributed by atoms with van der Waals surface area (Å²) in [6.07, 6.45) is 4.85. The van der Waals surface area contributed by atoms with Crippen LogP contribution < -0.4 is 5.32 Å². The van der Waals surface area contributed by atoms with E-state index in [1.54, 1.807) is 6.07 Å². The van der Waals surface area contributed by atoms with Gasteiger partial charge in [0, 0.05) is 11.7 Å². The van der Waals surface area contributed by atoms with Crippen LogP contribution in [0.3, 0.4) is 0 Å². The molecule has 2 rings (SSSR count). The Labute approximate surface area is 101 Å². The van der Waals surface area contributed by atoms with Crippen LogP contribution in [0.15, 0.2) is 18.2 Å². The Kier molecular flexibility index (Phi) is 3.63. The number of rotatable bonds is 2. The smallest absolute Gasteiger partial charge is 0.126 e. The number of nitriles is 1. The van der Waals surface area contributed by atoms with Gasteiger partial charge in [-0.2, -0.15) is 5.26 Å². The first-order chi connectivity index (χ1) is 8.19. The molecule has 2 nitrogen and oxygen atoms in total. The van der Waals surface area contributed by atoms with Gasteiger partial charge in [0.25, 0.3) is 0 Å². The summed E-state index contributed by atoms with van der Waals surface area (Å²) < 4.78 is 13.3. The second-order valence-corrected chi connectivity index (χ2v) is 4.85. The van der Waals surface area contributed by atoms with Crippen molar-refractivity contribution in [2.24, 2.45) is 5.92 Å². The Balaban J connectivity index is 2.12. The summed E-state index contributed by atoms with van der Waals surface area (Å²) in [5.74, 6) is 0.257. The molecule has 1 aliphatic rings. The number of hydrogen-bond donors (Lipinski definition) is 1. The minimum Gasteiger partial charge on any atom is -0.382 e. The van der Waals surface area contributed by atoms with Gasteiger partial charge in [-0.15, -0.1) is 0 Å². The predicted molar refractivity (Wildman–Crippen MR) is 66.2 cm³/mol. The summed E-state index contributed by atoms with van der Waals surface area (Å²) in [5, 5.41) is 12.2. The van der Waals surface area contributed by atoms with E-state index in [0.717, 1.165) is 12.1 Å². The largest absolute Gasteiger partial charge is 0.382 e. The third-order valence-corrected chi connectivity index (χ3v) is 3.49. The molecule has 2 atom stereocenters. The minimum absolute atomic E-state index is 0.352. The molecule has 0 radical (unpaired) electrons. The van der Waals surface area contributed by atoms with E-state index in [1.165, 1.54) is 31.4 Å². The highest BCUT2D eigenvalue weighted by Gasteiger charge is 2.21. The van der Waals surface area contributed by atoms with Gasteiger partial charge < -0.3 is 5.32 Å². The van der Waals surface area contributed by atoms with E-state index in [1.807, 2.05) is 6.07 Å². The van der Waals surface area contributed by atoms with Crippen LogP contribution in [-0.4, -0.2) is 6.04 Å². The molecular formula is C14H17FN2. The van der Waals surface area contributed by atoms with Crippen LogP contribution >= 0.6 is 0 Å². The first kappa shape index (κ1) is 11.9. The van der Waals surface area contributed by atoms with Crippen molar-refractivity contribution in [3.05, 3.63) is 29.6 Å². The molecule has 2 unspecified atom stereocenters. The molecule has 1 saturated carbocycles. The second-order valence-electron chi connectivity index (χ2n) is 4.85. The zero-order valence-electron chi connectivity index (χ0n) is 10.0. The fourth-order valence-electron chi connectivity index (χ4n) is 2.48. The van der Waals surface area contributed by atoms with Crippen molar-refractivity contribution in [1.29, 1.82) is 5.26 Å². The molecule has 0 saturated heterocycles. The average molecular weight is 232 g/mol. The molecule has 0 bridgehead atoms. The monoisotopic (exact) mass is 232 g/mol. The lowest BCUT2D eigenvalue weighted by molar-refractivity contribution is 0.349. The van der Waals surface area contributed by atoms with Crippen molar-refractivity contribution in [2.75, 3.05) is 5.32 Å². The normalized spacial score (nSPS) is 24.1. The summed E-state index contributed by atoms with van der Waals surface area (Å²) in [6, 6.07) is 6.81. The summed E-state index contributed by atoms with van der Waals surface area (Å²) in [4.78, 5) is 0. The summed E-state index contributed by atoms with van der Waals surface area (Å²) in [7, 11) is 0. The molecule has 1 fully saturated rings. The highest BCUT2D eigenvalue weighted by Crippen LogP contribution is 2.27. The SMILES string of the molecule is CC1CCCCC1Nc1cc(F)cc(C#N)c1. The Bertz CT molecular complexity index is 436. The van der Waals surface area contributed by atoms with Crippen LogP contribution in [0.25, 0.3) is 0 Å². The van der Waals surface area contributed by atoms with E-state index in [9.17, 15) is 4.39 Å². The second kappa shape index (κ2) is 5.18. The summed E-state index contributed by atoms with van der Waals surface area (Å²) in [5.41, 5.74) is 1.09. The quantitative estimate of drug-likeness (QED) is 0.844. The van der Waals surface area contributed by atoms with Gasteiger partial charge in [-0.25, -0.2) is 4.39 Å². The molecule has 1 aromatic rings. The van der Waals surface area contributed by atoms with Crippen molar-refractivity contribution in [2.45, 2.75) is 38.6 Å². The predicted octanol–water partition coefficient (Wildman–Crippen LogP) is 3.69. The zero-order valence-corrected chi connectivity index (χ0v) is 10.0. The average Bonchev–Trinajstić information content (AvgIpc) is 2.31. The fourth-order valence-corrected chi connectivity index (χ4v) is 2.48. The van der Waals surface area contributed by atoms with E-state index < -0.39 is 0 Å². The molecule has 17 heavy (non-hydrogen) atoms. The van der Waals surface area contributed by atoms with Gasteiger partial charge in [0.1, 0.15) is 5.82 Å². The molecule has 0 amide bonds. The standard InChI is InChI=1S/C14H17FN2/c1-10-4-2-3-5-14(10)17-13-7-11(9-16)6-12(15)8-13/h6-8,10,14,17H,2-5H2,1H3. The lowest BCUT2D eigenvalue weighted by Crippen LogP contribution is -2.30. The van der Waals surface area contributed by atoms with Gasteiger partial charge in [0.15, 0.2) is 0 Å². The van der Waals surface area contributed by atoms with Crippen molar-refractivity contribution >= 4 is 5.69 Å². The fraction of sp³-hybridized carbons (Fsp3) is 0.500. The maximum absolute atomic E-state index is 13.3. The maximum Gasteiger partial charge on any atom is 0.126 e. The molecule has 90 valence electrons. The molecule has 0 aliphatic heterocycles. The third kappa shape index (κ3) is 2.97. The Morgan fingerprint density at radius 3 is 2.76 bits per heavy atom. The maximum atomic E-state index is 13.3. The molecule has 3 heteroatoms. The molecule has 1 N–H and O–H groups in total. The number of anilines is 1. The van der Waals surface area contributed by atoms with Gasteiger partial charge in [-0.05, 0) is 37.0 Å². The van der Waals surface area contributed by atoms with Crippen molar-refractivity contribution < 1.29 is 4.39 Å². The highest BCUT2D eigenvalue weighted by molar-refractivity contribution is 5.50. The number of hydrogen-bond acceptors (Lipinski definition) is 2.